The SMILES string of the molecule is CC1(COc2ccc(-c3nc(-c4ccc(Cl)cc4)co3)cc2)Cn2cc([N+](=O)[O-])nc2O1. The van der Waals surface area contributed by atoms with Crippen molar-refractivity contribution >= 4 is 17.4 Å². The fourth-order valence-corrected chi connectivity index (χ4v) is 3.57. The molecular formula is C22H17ClN4O5. The van der Waals surface area contributed by atoms with E-state index in [2.05, 4.69) is 9.97 Å². The van der Waals surface area contributed by atoms with E-state index in [9.17, 15) is 10.1 Å². The van der Waals surface area contributed by atoms with Crippen molar-refractivity contribution in [2.75, 3.05) is 6.61 Å². The first-order valence-corrected chi connectivity index (χ1v) is 10.1. The molecule has 0 amide bonds. The van der Waals surface area contributed by atoms with E-state index in [1.165, 1.54) is 6.20 Å². The zero-order valence-electron chi connectivity index (χ0n) is 16.9. The van der Waals surface area contributed by atoms with Crippen LogP contribution in [0.2, 0.25) is 5.02 Å². The second kappa shape index (κ2) is 7.69. The van der Waals surface area contributed by atoms with Crippen LogP contribution in [-0.2, 0) is 6.54 Å². The summed E-state index contributed by atoms with van der Waals surface area (Å²) in [7, 11) is 0. The van der Waals surface area contributed by atoms with Gasteiger partial charge >= 0.3 is 11.8 Å². The van der Waals surface area contributed by atoms with E-state index in [0.29, 0.717) is 23.2 Å². The Bertz CT molecular complexity index is 1260. The summed E-state index contributed by atoms with van der Waals surface area (Å²) in [4.78, 5) is 18.7. The summed E-state index contributed by atoms with van der Waals surface area (Å²) >= 11 is 5.93. The molecule has 3 heterocycles. The van der Waals surface area contributed by atoms with Crippen LogP contribution in [0, 0.1) is 10.1 Å². The third kappa shape index (κ3) is 3.90. The van der Waals surface area contributed by atoms with Gasteiger partial charge in [-0.25, -0.2) is 4.98 Å². The van der Waals surface area contributed by atoms with Crippen molar-refractivity contribution in [3.8, 4) is 34.5 Å². The van der Waals surface area contributed by atoms with E-state index < -0.39 is 10.5 Å². The van der Waals surface area contributed by atoms with E-state index in [4.69, 9.17) is 25.5 Å². The molecule has 2 aromatic carbocycles. The second-order valence-corrected chi connectivity index (χ2v) is 8.11. The summed E-state index contributed by atoms with van der Waals surface area (Å²) in [6.45, 7) is 2.53. The summed E-state index contributed by atoms with van der Waals surface area (Å²) in [6.07, 6.45) is 2.97. The molecule has 5 rings (SSSR count). The predicted molar refractivity (Wildman–Crippen MR) is 116 cm³/mol. The zero-order chi connectivity index (χ0) is 22.3. The molecule has 32 heavy (non-hydrogen) atoms. The maximum atomic E-state index is 10.8. The van der Waals surface area contributed by atoms with Gasteiger partial charge in [-0.05, 0) is 48.2 Å². The summed E-state index contributed by atoms with van der Waals surface area (Å²) in [5, 5.41) is 11.5. The van der Waals surface area contributed by atoms with Gasteiger partial charge in [-0.3, -0.25) is 4.57 Å². The third-order valence-corrected chi connectivity index (χ3v) is 5.30. The number of nitro groups is 1. The van der Waals surface area contributed by atoms with Crippen molar-refractivity contribution in [2.45, 2.75) is 19.1 Å². The first kappa shape index (κ1) is 20.1. The maximum absolute atomic E-state index is 10.8. The molecule has 1 aliphatic heterocycles. The Kier molecular flexibility index (Phi) is 4.82. The van der Waals surface area contributed by atoms with Gasteiger partial charge in [0.05, 0.1) is 6.54 Å². The number of rotatable bonds is 6. The number of halogens is 1. The smallest absolute Gasteiger partial charge is 0.415 e. The van der Waals surface area contributed by atoms with Gasteiger partial charge in [-0.2, -0.15) is 0 Å². The number of oxazole rings is 1. The molecule has 4 aromatic rings. The van der Waals surface area contributed by atoms with Crippen molar-refractivity contribution < 1.29 is 18.8 Å². The van der Waals surface area contributed by atoms with E-state index in [1.807, 2.05) is 43.3 Å². The van der Waals surface area contributed by atoms with Crippen LogP contribution in [0.15, 0.2) is 65.4 Å². The van der Waals surface area contributed by atoms with Gasteiger partial charge < -0.3 is 24.0 Å². The van der Waals surface area contributed by atoms with Crippen molar-refractivity contribution in [2.24, 2.45) is 0 Å². The molecule has 1 atom stereocenters. The number of fused-ring (bicyclic) bond motifs is 1. The average Bonchev–Trinajstić information content (AvgIpc) is 3.47. The van der Waals surface area contributed by atoms with Gasteiger partial charge in [-0.1, -0.05) is 23.7 Å². The molecule has 0 bridgehead atoms. The number of imidazole rings is 1. The monoisotopic (exact) mass is 452 g/mol. The number of ether oxygens (including phenoxy) is 2. The first-order valence-electron chi connectivity index (χ1n) is 9.74. The molecule has 2 aromatic heterocycles. The molecule has 0 saturated carbocycles. The van der Waals surface area contributed by atoms with Gasteiger partial charge in [0.1, 0.15) is 30.5 Å². The number of hydrogen-bond donors (Lipinski definition) is 0. The Morgan fingerprint density at radius 1 is 1.16 bits per heavy atom. The Hall–Kier alpha value is -3.85. The van der Waals surface area contributed by atoms with Crippen LogP contribution in [-0.4, -0.2) is 31.7 Å². The largest absolute Gasteiger partial charge is 0.489 e. The molecule has 0 saturated heterocycles. The van der Waals surface area contributed by atoms with Gasteiger partial charge in [0.15, 0.2) is 5.60 Å². The highest BCUT2D eigenvalue weighted by atomic mass is 35.5. The molecule has 0 aliphatic carbocycles. The van der Waals surface area contributed by atoms with Gasteiger partial charge in [0.2, 0.25) is 5.89 Å². The number of hydrogen-bond acceptors (Lipinski definition) is 7. The maximum Gasteiger partial charge on any atom is 0.415 e. The third-order valence-electron chi connectivity index (χ3n) is 5.05. The number of aromatic nitrogens is 3. The highest BCUT2D eigenvalue weighted by Gasteiger charge is 2.41. The zero-order valence-corrected chi connectivity index (χ0v) is 17.7. The average molecular weight is 453 g/mol. The predicted octanol–water partition coefficient (Wildman–Crippen LogP) is 5.00. The van der Waals surface area contributed by atoms with Gasteiger partial charge in [0.25, 0.3) is 0 Å². The minimum Gasteiger partial charge on any atom is -0.489 e. The fraction of sp³-hybridized carbons (Fsp3) is 0.182. The standard InChI is InChI=1S/C22H17ClN4O5/c1-22(12-26-10-19(27(28)29)25-21(26)32-22)13-31-17-8-4-15(5-9-17)20-24-18(11-30-20)14-2-6-16(23)7-3-14/h2-11H,12-13H2,1H3. The van der Waals surface area contributed by atoms with Crippen LogP contribution in [0.4, 0.5) is 5.82 Å². The Labute approximate surface area is 187 Å². The van der Waals surface area contributed by atoms with Gasteiger partial charge in [-0.15, -0.1) is 0 Å². The summed E-state index contributed by atoms with van der Waals surface area (Å²) in [6, 6.07) is 15.0. The summed E-state index contributed by atoms with van der Waals surface area (Å²) in [5.41, 5.74) is 1.78. The minimum atomic E-state index is -0.674. The summed E-state index contributed by atoms with van der Waals surface area (Å²) < 4.78 is 18.9. The molecular weight excluding hydrogens is 436 g/mol. The molecule has 9 nitrogen and oxygen atoms in total. The molecule has 162 valence electrons. The molecule has 10 heteroatoms. The lowest BCUT2D eigenvalue weighted by molar-refractivity contribution is -0.389. The van der Waals surface area contributed by atoms with E-state index in [1.54, 1.807) is 23.0 Å². The Balaban J connectivity index is 1.22. The van der Waals surface area contributed by atoms with Crippen LogP contribution in [0.1, 0.15) is 6.92 Å². The lowest BCUT2D eigenvalue weighted by Crippen LogP contribution is -2.38. The number of benzene rings is 2. The van der Waals surface area contributed by atoms with Crippen LogP contribution in [0.5, 0.6) is 11.8 Å². The van der Waals surface area contributed by atoms with E-state index in [-0.39, 0.29) is 18.4 Å². The Morgan fingerprint density at radius 2 is 1.88 bits per heavy atom. The van der Waals surface area contributed by atoms with Crippen molar-refractivity contribution in [3.63, 3.8) is 0 Å². The lowest BCUT2D eigenvalue weighted by Gasteiger charge is -2.22. The van der Waals surface area contributed by atoms with E-state index >= 15 is 0 Å². The first-order chi connectivity index (χ1) is 15.4. The second-order valence-electron chi connectivity index (χ2n) is 7.68. The molecule has 0 N–H and O–H groups in total. The minimum absolute atomic E-state index is 0.221. The number of nitrogens with zero attached hydrogens (tertiary/aromatic N) is 4. The molecule has 0 spiro atoms. The van der Waals surface area contributed by atoms with Crippen molar-refractivity contribution in [1.82, 2.24) is 14.5 Å². The fourth-order valence-electron chi connectivity index (χ4n) is 3.45. The highest BCUT2D eigenvalue weighted by molar-refractivity contribution is 6.30. The van der Waals surface area contributed by atoms with Crippen LogP contribution in [0.3, 0.4) is 0 Å². The van der Waals surface area contributed by atoms with Gasteiger partial charge in [0, 0.05) is 21.1 Å². The van der Waals surface area contributed by atoms with Crippen LogP contribution in [0.25, 0.3) is 22.7 Å². The van der Waals surface area contributed by atoms with E-state index in [0.717, 1.165) is 16.8 Å². The quantitative estimate of drug-likeness (QED) is 0.299. The lowest BCUT2D eigenvalue weighted by atomic mass is 10.1. The van der Waals surface area contributed by atoms with Crippen molar-refractivity contribution in [1.29, 1.82) is 0 Å². The molecule has 0 fully saturated rings. The van der Waals surface area contributed by atoms with Crippen molar-refractivity contribution in [3.05, 3.63) is 76.1 Å². The normalized spacial score (nSPS) is 17.1. The molecule has 1 unspecified atom stereocenters. The van der Waals surface area contributed by atoms with Crippen LogP contribution >= 0.6 is 11.6 Å². The highest BCUT2D eigenvalue weighted by Crippen LogP contribution is 2.32. The Morgan fingerprint density at radius 3 is 2.56 bits per heavy atom. The topological polar surface area (TPSA) is 105 Å². The van der Waals surface area contributed by atoms with Crippen LogP contribution < -0.4 is 9.47 Å². The summed E-state index contributed by atoms with van der Waals surface area (Å²) in [5.74, 6) is 0.919. The molecule has 0 radical (unpaired) electrons. The molecule has 1 aliphatic rings.